The van der Waals surface area contributed by atoms with Gasteiger partial charge in [0.2, 0.25) is 0 Å². The van der Waals surface area contributed by atoms with Crippen molar-refractivity contribution >= 4 is 0 Å². The van der Waals surface area contributed by atoms with Crippen LogP contribution in [0.15, 0.2) is 24.3 Å². The quantitative estimate of drug-likeness (QED) is 0.760. The van der Waals surface area contributed by atoms with E-state index in [1.165, 1.54) is 30.4 Å². The van der Waals surface area contributed by atoms with E-state index < -0.39 is 0 Å². The minimum absolute atomic E-state index is 0.175. The van der Waals surface area contributed by atoms with Crippen LogP contribution in [0.3, 0.4) is 0 Å². The van der Waals surface area contributed by atoms with Gasteiger partial charge in [-0.3, -0.25) is 0 Å². The predicted molar refractivity (Wildman–Crippen MR) is 58.4 cm³/mol. The van der Waals surface area contributed by atoms with E-state index in [1.54, 1.807) is 0 Å². The van der Waals surface area contributed by atoms with Crippen LogP contribution in [-0.2, 0) is 6.42 Å². The fourth-order valence-electron chi connectivity index (χ4n) is 2.51. The lowest BCUT2D eigenvalue weighted by Crippen LogP contribution is -2.14. The molecule has 1 aliphatic carbocycles. The maximum absolute atomic E-state index is 9.43. The van der Waals surface area contributed by atoms with E-state index in [9.17, 15) is 5.11 Å². The van der Waals surface area contributed by atoms with Crippen molar-refractivity contribution in [3.8, 4) is 0 Å². The van der Waals surface area contributed by atoms with Crippen molar-refractivity contribution in [3.63, 3.8) is 0 Å². The molecule has 0 saturated carbocycles. The molecule has 1 heteroatoms. The molecule has 0 spiro atoms. The smallest absolute Gasteiger partial charge is 0.0517 e. The molecule has 1 aromatic carbocycles. The van der Waals surface area contributed by atoms with Crippen molar-refractivity contribution in [2.24, 2.45) is 0 Å². The molecule has 14 heavy (non-hydrogen) atoms. The van der Waals surface area contributed by atoms with E-state index in [4.69, 9.17) is 0 Å². The molecule has 0 aromatic heterocycles. The largest absolute Gasteiger partial charge is 0.393 e. The van der Waals surface area contributed by atoms with Gasteiger partial charge in [-0.2, -0.15) is 0 Å². The SMILES string of the molecule is C[C@H](O)CC1CCCc2ccccc21. The second-order valence-electron chi connectivity index (χ2n) is 4.37. The van der Waals surface area contributed by atoms with Crippen LogP contribution in [0.1, 0.15) is 43.2 Å². The van der Waals surface area contributed by atoms with Gasteiger partial charge in [0, 0.05) is 0 Å². The lowest BCUT2D eigenvalue weighted by molar-refractivity contribution is 0.171. The number of fused-ring (bicyclic) bond motifs is 1. The first kappa shape index (κ1) is 9.72. The van der Waals surface area contributed by atoms with Crippen molar-refractivity contribution in [2.75, 3.05) is 0 Å². The van der Waals surface area contributed by atoms with Gasteiger partial charge >= 0.3 is 0 Å². The average Bonchev–Trinajstić information content (AvgIpc) is 2.18. The molecule has 1 N–H and O–H groups in total. The predicted octanol–water partition coefficient (Wildman–Crippen LogP) is 2.88. The van der Waals surface area contributed by atoms with E-state index in [1.807, 2.05) is 6.92 Å². The van der Waals surface area contributed by atoms with E-state index in [-0.39, 0.29) is 6.10 Å². The molecule has 1 aliphatic rings. The summed E-state index contributed by atoms with van der Waals surface area (Å²) < 4.78 is 0. The van der Waals surface area contributed by atoms with Crippen LogP contribution in [-0.4, -0.2) is 11.2 Å². The Hall–Kier alpha value is -0.820. The summed E-state index contributed by atoms with van der Waals surface area (Å²) in [5, 5.41) is 9.43. The van der Waals surface area contributed by atoms with Crippen LogP contribution in [0, 0.1) is 0 Å². The molecule has 0 radical (unpaired) electrons. The van der Waals surface area contributed by atoms with E-state index in [0.29, 0.717) is 5.92 Å². The first-order valence-corrected chi connectivity index (χ1v) is 5.53. The molecule has 0 bridgehead atoms. The third-order valence-electron chi connectivity index (χ3n) is 3.12. The Kier molecular flexibility index (Phi) is 2.87. The minimum atomic E-state index is -0.175. The molecule has 0 fully saturated rings. The van der Waals surface area contributed by atoms with Gasteiger partial charge in [-0.25, -0.2) is 0 Å². The number of rotatable bonds is 2. The Labute approximate surface area is 85.8 Å². The lowest BCUT2D eigenvalue weighted by Gasteiger charge is -2.26. The van der Waals surface area contributed by atoms with Crippen molar-refractivity contribution in [2.45, 2.75) is 44.6 Å². The summed E-state index contributed by atoms with van der Waals surface area (Å²) in [5.74, 6) is 0.583. The van der Waals surface area contributed by atoms with Crippen molar-refractivity contribution in [1.82, 2.24) is 0 Å². The van der Waals surface area contributed by atoms with Crippen molar-refractivity contribution in [3.05, 3.63) is 35.4 Å². The monoisotopic (exact) mass is 190 g/mol. The molecule has 0 saturated heterocycles. The van der Waals surface area contributed by atoms with Gasteiger partial charge in [0.15, 0.2) is 0 Å². The molecular weight excluding hydrogens is 172 g/mol. The average molecular weight is 190 g/mol. The molecule has 76 valence electrons. The molecule has 1 aromatic rings. The van der Waals surface area contributed by atoms with Crippen LogP contribution in [0.2, 0.25) is 0 Å². The Morgan fingerprint density at radius 1 is 1.43 bits per heavy atom. The maximum Gasteiger partial charge on any atom is 0.0517 e. The van der Waals surface area contributed by atoms with Gasteiger partial charge in [0.25, 0.3) is 0 Å². The first-order chi connectivity index (χ1) is 6.77. The summed E-state index contributed by atoms with van der Waals surface area (Å²) in [7, 11) is 0. The first-order valence-electron chi connectivity index (χ1n) is 5.53. The zero-order chi connectivity index (χ0) is 9.97. The van der Waals surface area contributed by atoms with E-state index in [0.717, 1.165) is 6.42 Å². The third kappa shape index (κ3) is 1.98. The number of aliphatic hydroxyl groups is 1. The summed E-state index contributed by atoms with van der Waals surface area (Å²) in [6, 6.07) is 8.67. The summed E-state index contributed by atoms with van der Waals surface area (Å²) in [6.07, 6.45) is 4.46. The second-order valence-corrected chi connectivity index (χ2v) is 4.37. The third-order valence-corrected chi connectivity index (χ3v) is 3.12. The molecule has 1 unspecified atom stereocenters. The molecule has 2 atom stereocenters. The zero-order valence-electron chi connectivity index (χ0n) is 8.74. The van der Waals surface area contributed by atoms with Crippen LogP contribution in [0.5, 0.6) is 0 Å². The van der Waals surface area contributed by atoms with Crippen LogP contribution in [0.4, 0.5) is 0 Å². The maximum atomic E-state index is 9.43. The number of hydrogen-bond donors (Lipinski definition) is 1. The Morgan fingerprint density at radius 3 is 3.00 bits per heavy atom. The van der Waals surface area contributed by atoms with Gasteiger partial charge < -0.3 is 5.11 Å². The van der Waals surface area contributed by atoms with Gasteiger partial charge in [0.1, 0.15) is 0 Å². The highest BCUT2D eigenvalue weighted by Gasteiger charge is 2.20. The number of aliphatic hydroxyl groups excluding tert-OH is 1. The number of benzene rings is 1. The highest BCUT2D eigenvalue weighted by Crippen LogP contribution is 2.34. The Balaban J connectivity index is 2.22. The van der Waals surface area contributed by atoms with E-state index in [2.05, 4.69) is 24.3 Å². The molecule has 0 amide bonds. The standard InChI is InChI=1S/C13H18O/c1-10(14)9-12-7-4-6-11-5-2-3-8-13(11)12/h2-3,5,8,10,12,14H,4,6-7,9H2,1H3/t10-,12?/m0/s1. The van der Waals surface area contributed by atoms with Gasteiger partial charge in [-0.15, -0.1) is 0 Å². The Bertz CT molecular complexity index is 304. The summed E-state index contributed by atoms with van der Waals surface area (Å²) in [4.78, 5) is 0. The normalized spacial score (nSPS) is 22.9. The van der Waals surface area contributed by atoms with Crippen molar-refractivity contribution in [1.29, 1.82) is 0 Å². The van der Waals surface area contributed by atoms with Gasteiger partial charge in [0.05, 0.1) is 6.10 Å². The summed E-state index contributed by atoms with van der Waals surface area (Å²) in [6.45, 7) is 1.89. The Morgan fingerprint density at radius 2 is 2.21 bits per heavy atom. The van der Waals surface area contributed by atoms with Gasteiger partial charge in [-0.1, -0.05) is 24.3 Å². The molecule has 0 aliphatic heterocycles. The van der Waals surface area contributed by atoms with Crippen LogP contribution in [0.25, 0.3) is 0 Å². The highest BCUT2D eigenvalue weighted by atomic mass is 16.3. The molecule has 0 heterocycles. The minimum Gasteiger partial charge on any atom is -0.393 e. The lowest BCUT2D eigenvalue weighted by atomic mass is 9.80. The summed E-state index contributed by atoms with van der Waals surface area (Å²) >= 11 is 0. The molecular formula is C13H18O. The van der Waals surface area contributed by atoms with E-state index >= 15 is 0 Å². The second kappa shape index (κ2) is 4.14. The number of aryl methyl sites for hydroxylation is 1. The molecule has 1 nitrogen and oxygen atoms in total. The fraction of sp³-hybridized carbons (Fsp3) is 0.538. The zero-order valence-corrected chi connectivity index (χ0v) is 8.74. The molecule has 2 rings (SSSR count). The van der Waals surface area contributed by atoms with Crippen molar-refractivity contribution < 1.29 is 5.11 Å². The topological polar surface area (TPSA) is 20.2 Å². The number of hydrogen-bond acceptors (Lipinski definition) is 1. The van der Waals surface area contributed by atoms with Gasteiger partial charge in [-0.05, 0) is 49.7 Å². The van der Waals surface area contributed by atoms with Crippen LogP contribution < -0.4 is 0 Å². The van der Waals surface area contributed by atoms with Crippen LogP contribution >= 0.6 is 0 Å². The summed E-state index contributed by atoms with van der Waals surface area (Å²) in [5.41, 5.74) is 2.96. The fourth-order valence-corrected chi connectivity index (χ4v) is 2.51. The highest BCUT2D eigenvalue weighted by molar-refractivity contribution is 5.32.